The number of carbonyl (C=O) groups excluding carboxylic acids is 3. The van der Waals surface area contributed by atoms with Gasteiger partial charge in [-0.1, -0.05) is 30.3 Å². The van der Waals surface area contributed by atoms with Crippen LogP contribution in [0.2, 0.25) is 0 Å². The van der Waals surface area contributed by atoms with Crippen molar-refractivity contribution in [1.82, 2.24) is 14.9 Å². The third kappa shape index (κ3) is 13.4. The van der Waals surface area contributed by atoms with Gasteiger partial charge < -0.3 is 25.9 Å². The number of hydrogen-bond donors (Lipinski definition) is 4. The van der Waals surface area contributed by atoms with Gasteiger partial charge in [-0.05, 0) is 57.4 Å². The summed E-state index contributed by atoms with van der Waals surface area (Å²) in [6.45, 7) is 1.54. The third-order valence-electron chi connectivity index (χ3n) is 6.85. The molecule has 1 fully saturated rings. The monoisotopic (exact) mass is 629 g/mol. The van der Waals surface area contributed by atoms with E-state index in [2.05, 4.69) is 15.0 Å². The van der Waals surface area contributed by atoms with Crippen LogP contribution in [0.3, 0.4) is 0 Å². The second-order valence-electron chi connectivity index (χ2n) is 10.7. The van der Waals surface area contributed by atoms with Gasteiger partial charge in [0.25, 0.3) is 0 Å². The van der Waals surface area contributed by atoms with Crippen molar-refractivity contribution in [2.75, 3.05) is 25.1 Å². The summed E-state index contributed by atoms with van der Waals surface area (Å²) in [6, 6.07) is 5.53. The molecule has 1 aliphatic rings. The number of nitrogens with two attached hydrogens (primary N) is 1. The van der Waals surface area contributed by atoms with E-state index in [0.29, 0.717) is 62.8 Å². The van der Waals surface area contributed by atoms with Gasteiger partial charge in [0.2, 0.25) is 21.8 Å². The highest BCUT2D eigenvalue weighted by atomic mass is 32.2. The molecular weight excluding hydrogens is 586 g/mol. The molecule has 2 amide bonds. The first kappa shape index (κ1) is 35.3. The Morgan fingerprint density at radius 1 is 1.12 bits per heavy atom. The van der Waals surface area contributed by atoms with Crippen molar-refractivity contribution >= 4 is 43.8 Å². The van der Waals surface area contributed by atoms with Gasteiger partial charge >= 0.3 is 0 Å². The fourth-order valence-electron chi connectivity index (χ4n) is 4.72. The molecular formula is C27H43N5O8S2. The smallest absolute Gasteiger partial charge is 0.241 e. The SMILES string of the molecule is CC(N)=NCCCC(C=O)NC(=O)CN(C(=O)C(CCS(C)(=O)=O)NS(=O)(=O)Cc1ccccc1)C1CCC(O)CC1. The van der Waals surface area contributed by atoms with Gasteiger partial charge in [0.1, 0.15) is 22.2 Å². The second kappa shape index (κ2) is 16.7. The number of rotatable bonds is 17. The molecule has 236 valence electrons. The highest BCUT2D eigenvalue weighted by Crippen LogP contribution is 2.24. The number of carbonyl (C=O) groups is 3. The Morgan fingerprint density at radius 2 is 1.76 bits per heavy atom. The molecule has 0 saturated heterocycles. The summed E-state index contributed by atoms with van der Waals surface area (Å²) in [5.41, 5.74) is 5.99. The van der Waals surface area contributed by atoms with Crippen LogP contribution in [0.15, 0.2) is 35.3 Å². The molecule has 13 nitrogen and oxygen atoms in total. The minimum atomic E-state index is -4.09. The lowest BCUT2D eigenvalue weighted by Gasteiger charge is -2.37. The number of aliphatic hydroxyl groups excluding tert-OH is 1. The molecule has 2 unspecified atom stereocenters. The average molecular weight is 630 g/mol. The fraction of sp³-hybridized carbons (Fsp3) is 0.630. The Morgan fingerprint density at radius 3 is 2.33 bits per heavy atom. The van der Waals surface area contributed by atoms with Gasteiger partial charge in [-0.15, -0.1) is 0 Å². The molecule has 0 aromatic heterocycles. The molecule has 15 heteroatoms. The first-order valence-electron chi connectivity index (χ1n) is 13.9. The van der Waals surface area contributed by atoms with E-state index in [1.165, 1.54) is 4.90 Å². The van der Waals surface area contributed by atoms with E-state index in [-0.39, 0.29) is 6.42 Å². The molecule has 1 aromatic rings. The van der Waals surface area contributed by atoms with Gasteiger partial charge in [0.15, 0.2) is 0 Å². The number of benzene rings is 1. The highest BCUT2D eigenvalue weighted by Gasteiger charge is 2.36. The molecule has 0 heterocycles. The number of sulfone groups is 1. The number of amides is 2. The summed E-state index contributed by atoms with van der Waals surface area (Å²) in [7, 11) is -7.65. The van der Waals surface area contributed by atoms with Crippen molar-refractivity contribution in [1.29, 1.82) is 0 Å². The molecule has 2 atom stereocenters. The number of amidine groups is 1. The quantitative estimate of drug-likeness (QED) is 0.0783. The highest BCUT2D eigenvalue weighted by molar-refractivity contribution is 7.90. The van der Waals surface area contributed by atoms with Crippen LogP contribution in [0.1, 0.15) is 57.4 Å². The van der Waals surface area contributed by atoms with Gasteiger partial charge in [0.05, 0.1) is 36.0 Å². The van der Waals surface area contributed by atoms with E-state index in [1.54, 1.807) is 37.3 Å². The minimum Gasteiger partial charge on any atom is -0.393 e. The Bertz CT molecular complexity index is 1280. The van der Waals surface area contributed by atoms with E-state index in [0.717, 1.165) is 6.26 Å². The van der Waals surface area contributed by atoms with Crippen molar-refractivity contribution in [3.05, 3.63) is 35.9 Å². The lowest BCUT2D eigenvalue weighted by atomic mass is 9.91. The number of aldehydes is 1. The third-order valence-corrected chi connectivity index (χ3v) is 9.18. The fourth-order valence-corrected chi connectivity index (χ4v) is 6.75. The zero-order valence-electron chi connectivity index (χ0n) is 24.1. The normalized spacial score (nSPS) is 19.5. The van der Waals surface area contributed by atoms with E-state index in [9.17, 15) is 36.3 Å². The molecule has 1 saturated carbocycles. The van der Waals surface area contributed by atoms with E-state index >= 15 is 0 Å². The van der Waals surface area contributed by atoms with Crippen molar-refractivity contribution in [3.63, 3.8) is 0 Å². The summed E-state index contributed by atoms with van der Waals surface area (Å²) >= 11 is 0. The first-order chi connectivity index (χ1) is 19.7. The number of aliphatic imine (C=N–C) groups is 1. The van der Waals surface area contributed by atoms with Crippen LogP contribution in [-0.4, -0.2) is 100 Å². The maximum Gasteiger partial charge on any atom is 0.241 e. The molecule has 0 bridgehead atoms. The van der Waals surface area contributed by atoms with E-state index < -0.39 is 74.0 Å². The van der Waals surface area contributed by atoms with Crippen LogP contribution in [0.4, 0.5) is 0 Å². The Kier molecular flexibility index (Phi) is 14.0. The summed E-state index contributed by atoms with van der Waals surface area (Å²) < 4.78 is 52.4. The Balaban J connectivity index is 2.26. The Labute approximate surface area is 248 Å². The lowest BCUT2D eigenvalue weighted by Crippen LogP contribution is -2.56. The number of aliphatic hydroxyl groups is 1. The maximum atomic E-state index is 13.9. The van der Waals surface area contributed by atoms with Gasteiger partial charge in [-0.3, -0.25) is 14.6 Å². The minimum absolute atomic E-state index is 0.297. The van der Waals surface area contributed by atoms with Gasteiger partial charge in [-0.2, -0.15) is 0 Å². The lowest BCUT2D eigenvalue weighted by molar-refractivity contribution is -0.141. The molecule has 42 heavy (non-hydrogen) atoms. The van der Waals surface area contributed by atoms with Gasteiger partial charge in [0, 0.05) is 18.8 Å². The maximum absolute atomic E-state index is 13.9. The summed E-state index contributed by atoms with van der Waals surface area (Å²) in [4.78, 5) is 43.8. The molecule has 0 aliphatic heterocycles. The predicted octanol–water partition coefficient (Wildman–Crippen LogP) is -0.118. The number of nitrogens with zero attached hydrogens (tertiary/aromatic N) is 2. The largest absolute Gasteiger partial charge is 0.393 e. The molecule has 2 rings (SSSR count). The van der Waals surface area contributed by atoms with Crippen LogP contribution in [0, 0.1) is 0 Å². The zero-order valence-corrected chi connectivity index (χ0v) is 25.8. The second-order valence-corrected chi connectivity index (χ2v) is 14.8. The van der Waals surface area contributed by atoms with Crippen molar-refractivity contribution < 1.29 is 36.3 Å². The standard InChI is InChI=1S/C27H43N5O8S2/c1-20(28)29-15-6-9-22(18-33)30-26(35)17-32(23-10-12-24(34)13-11-23)27(36)25(14-16-41(2,37)38)31-42(39,40)19-21-7-4-3-5-8-21/h3-5,7-8,18,22-25,31,34H,6,9-17,19H2,1-2H3,(H2,28,29)(H,30,35). The van der Waals surface area contributed by atoms with Crippen LogP contribution in [0.25, 0.3) is 0 Å². The summed E-state index contributed by atoms with van der Waals surface area (Å²) in [6.07, 6.45) is 2.95. The van der Waals surface area contributed by atoms with E-state index in [1.807, 2.05) is 0 Å². The molecule has 1 aromatic carbocycles. The molecule has 1 aliphatic carbocycles. The predicted molar refractivity (Wildman–Crippen MR) is 160 cm³/mol. The number of hydrogen-bond acceptors (Lipinski definition) is 9. The average Bonchev–Trinajstić information content (AvgIpc) is 2.91. The number of sulfonamides is 1. The van der Waals surface area contributed by atoms with Crippen molar-refractivity contribution in [3.8, 4) is 0 Å². The molecule has 5 N–H and O–H groups in total. The topological polar surface area (TPSA) is 205 Å². The Hall–Kier alpha value is -2.88. The van der Waals surface area contributed by atoms with Crippen LogP contribution in [0.5, 0.6) is 0 Å². The zero-order chi connectivity index (χ0) is 31.3. The van der Waals surface area contributed by atoms with Crippen molar-refractivity contribution in [2.24, 2.45) is 10.7 Å². The number of nitrogens with one attached hydrogen (secondary N) is 2. The van der Waals surface area contributed by atoms with Crippen LogP contribution < -0.4 is 15.8 Å². The van der Waals surface area contributed by atoms with Crippen LogP contribution >= 0.6 is 0 Å². The first-order valence-corrected chi connectivity index (χ1v) is 17.6. The van der Waals surface area contributed by atoms with Crippen LogP contribution in [-0.2, 0) is 40.0 Å². The summed E-state index contributed by atoms with van der Waals surface area (Å²) in [5.74, 6) is -1.86. The molecule has 0 spiro atoms. The molecule has 0 radical (unpaired) electrons. The van der Waals surface area contributed by atoms with E-state index in [4.69, 9.17) is 5.73 Å². The summed E-state index contributed by atoms with van der Waals surface area (Å²) in [5, 5.41) is 12.6. The van der Waals surface area contributed by atoms with Crippen molar-refractivity contribution in [2.45, 2.75) is 81.9 Å². The van der Waals surface area contributed by atoms with Gasteiger partial charge in [-0.25, -0.2) is 21.6 Å².